The van der Waals surface area contributed by atoms with E-state index in [4.69, 9.17) is 0 Å². The number of aliphatic hydroxyl groups excluding tert-OH is 1. The lowest BCUT2D eigenvalue weighted by Gasteiger charge is -2.19. The maximum Gasteiger partial charge on any atom is 0.240 e. The van der Waals surface area contributed by atoms with Crippen molar-refractivity contribution in [3.63, 3.8) is 0 Å². The number of ketones is 1. The van der Waals surface area contributed by atoms with Crippen LogP contribution in [-0.4, -0.2) is 22.5 Å². The van der Waals surface area contributed by atoms with Gasteiger partial charge in [-0.25, -0.2) is 5.43 Å². The summed E-state index contributed by atoms with van der Waals surface area (Å²) in [4.78, 5) is 22.6. The molecule has 1 aromatic carbocycles. The number of azo groups is 1. The molecule has 1 heterocycles. The molecule has 0 spiro atoms. The Bertz CT molecular complexity index is 713. The summed E-state index contributed by atoms with van der Waals surface area (Å²) in [5, 5.41) is 21.2. The van der Waals surface area contributed by atoms with Crippen molar-refractivity contribution >= 4 is 23.1 Å². The van der Waals surface area contributed by atoms with Crippen molar-refractivity contribution in [2.24, 2.45) is 21.2 Å². The molecule has 1 aliphatic heterocycles. The van der Waals surface area contributed by atoms with Gasteiger partial charge in [0.1, 0.15) is 5.76 Å². The van der Waals surface area contributed by atoms with E-state index in [0.29, 0.717) is 12.1 Å². The molecule has 0 saturated carbocycles. The van der Waals surface area contributed by atoms with Gasteiger partial charge in [0.15, 0.2) is 11.5 Å². The number of rotatable bonds is 4. The number of carbonyl (C=O) groups is 2. The molecule has 120 valence electrons. The summed E-state index contributed by atoms with van der Waals surface area (Å²) < 4.78 is 0. The molecule has 1 unspecified atom stereocenters. The van der Waals surface area contributed by atoms with Crippen molar-refractivity contribution in [2.45, 2.75) is 27.2 Å². The molecule has 0 radical (unpaired) electrons. The van der Waals surface area contributed by atoms with Crippen molar-refractivity contribution < 1.29 is 14.7 Å². The second kappa shape index (κ2) is 6.95. The molecule has 0 aromatic heterocycles. The molecule has 2 rings (SSSR count). The van der Waals surface area contributed by atoms with Crippen LogP contribution in [0.2, 0.25) is 0 Å². The molecule has 1 aliphatic rings. The number of nitrogens with one attached hydrogen (secondary N) is 1. The topological polar surface area (TPSA) is 103 Å². The molecule has 2 N–H and O–H groups in total. The third-order valence-electron chi connectivity index (χ3n) is 3.36. The molecule has 1 aromatic rings. The molecule has 0 fully saturated rings. The quantitative estimate of drug-likeness (QED) is 0.507. The summed E-state index contributed by atoms with van der Waals surface area (Å²) in [6.45, 7) is 4.64. The van der Waals surface area contributed by atoms with Crippen LogP contribution < -0.4 is 5.43 Å². The zero-order valence-corrected chi connectivity index (χ0v) is 13.2. The Hall–Kier alpha value is -2.83. The van der Waals surface area contributed by atoms with Crippen LogP contribution in [0, 0.1) is 5.92 Å². The van der Waals surface area contributed by atoms with Gasteiger partial charge in [0.2, 0.25) is 5.91 Å². The molecule has 7 nitrogen and oxygen atoms in total. The molecule has 1 amide bonds. The third-order valence-corrected chi connectivity index (χ3v) is 3.36. The molecule has 0 bridgehead atoms. The number of benzene rings is 1. The fourth-order valence-corrected chi connectivity index (χ4v) is 2.21. The van der Waals surface area contributed by atoms with Gasteiger partial charge in [-0.05, 0) is 24.6 Å². The highest BCUT2D eigenvalue weighted by Crippen LogP contribution is 2.20. The fourth-order valence-electron chi connectivity index (χ4n) is 2.21. The fraction of sp³-hybridized carbons (Fsp3) is 0.312. The summed E-state index contributed by atoms with van der Waals surface area (Å²) in [6, 6.07) is 7.11. The van der Waals surface area contributed by atoms with Gasteiger partial charge < -0.3 is 5.11 Å². The lowest BCUT2D eigenvalue weighted by molar-refractivity contribution is -0.122. The van der Waals surface area contributed by atoms with E-state index >= 15 is 0 Å². The van der Waals surface area contributed by atoms with Crippen molar-refractivity contribution in [1.29, 1.82) is 0 Å². The van der Waals surface area contributed by atoms with Crippen LogP contribution in [0.4, 0.5) is 5.69 Å². The highest BCUT2D eigenvalue weighted by atomic mass is 16.3. The van der Waals surface area contributed by atoms with Crippen molar-refractivity contribution in [3.05, 3.63) is 41.3 Å². The molecule has 1 atom stereocenters. The molecule has 23 heavy (non-hydrogen) atoms. The van der Waals surface area contributed by atoms with E-state index in [2.05, 4.69) is 20.8 Å². The molecular formula is C16H18N4O3. The van der Waals surface area contributed by atoms with Crippen molar-refractivity contribution in [2.75, 3.05) is 0 Å². The summed E-state index contributed by atoms with van der Waals surface area (Å²) >= 11 is 0. The first kappa shape index (κ1) is 16.5. The Balaban J connectivity index is 2.19. The van der Waals surface area contributed by atoms with E-state index in [1.54, 1.807) is 12.1 Å². The Labute approximate surface area is 133 Å². The first-order valence-corrected chi connectivity index (χ1v) is 7.18. The number of hydrogen-bond acceptors (Lipinski definition) is 6. The first-order chi connectivity index (χ1) is 10.9. The Morgan fingerprint density at radius 3 is 2.48 bits per heavy atom. The zero-order valence-electron chi connectivity index (χ0n) is 13.2. The summed E-state index contributed by atoms with van der Waals surface area (Å²) in [5.74, 6) is -0.569. The van der Waals surface area contributed by atoms with Gasteiger partial charge in [-0.2, -0.15) is 10.2 Å². The van der Waals surface area contributed by atoms with Gasteiger partial charge in [0, 0.05) is 19.3 Å². The summed E-state index contributed by atoms with van der Waals surface area (Å²) in [5.41, 5.74) is 4.65. The molecule has 0 aliphatic carbocycles. The number of amides is 1. The normalized spacial score (nSPS) is 19.2. The molecule has 7 heteroatoms. The number of nitrogens with zero attached hydrogens (tertiary/aromatic N) is 3. The minimum atomic E-state index is -0.355. The third kappa shape index (κ3) is 4.09. The number of allylic oxidation sites excluding steroid dienone is 2. The van der Waals surface area contributed by atoms with Crippen LogP contribution >= 0.6 is 0 Å². The number of hydrazone groups is 1. The Kier molecular flexibility index (Phi) is 5.00. The van der Waals surface area contributed by atoms with Crippen LogP contribution in [0.3, 0.4) is 0 Å². The van der Waals surface area contributed by atoms with Gasteiger partial charge in [-0.3, -0.25) is 9.59 Å². The van der Waals surface area contributed by atoms with Crippen LogP contribution in [0.5, 0.6) is 0 Å². The predicted molar refractivity (Wildman–Crippen MR) is 85.4 cm³/mol. The minimum absolute atomic E-state index is 0.0421. The van der Waals surface area contributed by atoms with Gasteiger partial charge >= 0.3 is 0 Å². The Morgan fingerprint density at radius 1 is 1.30 bits per heavy atom. The zero-order chi connectivity index (χ0) is 17.0. The summed E-state index contributed by atoms with van der Waals surface area (Å²) in [7, 11) is 0. The van der Waals surface area contributed by atoms with Gasteiger partial charge in [-0.1, -0.05) is 19.1 Å². The monoisotopic (exact) mass is 314 g/mol. The number of hydrogen-bond donors (Lipinski definition) is 2. The lowest BCUT2D eigenvalue weighted by atomic mass is 9.94. The smallest absolute Gasteiger partial charge is 0.240 e. The van der Waals surface area contributed by atoms with E-state index in [-0.39, 0.29) is 29.1 Å². The first-order valence-electron chi connectivity index (χ1n) is 7.18. The number of aliphatic hydroxyl groups is 1. The predicted octanol–water partition coefficient (Wildman–Crippen LogP) is 3.01. The van der Waals surface area contributed by atoms with Gasteiger partial charge in [0.25, 0.3) is 0 Å². The highest BCUT2D eigenvalue weighted by Gasteiger charge is 2.21. The van der Waals surface area contributed by atoms with Crippen LogP contribution in [0.1, 0.15) is 32.8 Å². The van der Waals surface area contributed by atoms with Gasteiger partial charge in [0.05, 0.1) is 11.4 Å². The average molecular weight is 314 g/mol. The standard InChI is InChI=1S/C16H18N4O3/c1-9-8-14(23)18-19-15(9)12-4-6-13(7-5-12)17-20-16(10(2)21)11(3)22/h4-7,9,21H,8H2,1-3H3,(H,18,23). The van der Waals surface area contributed by atoms with Gasteiger partial charge in [-0.15, -0.1) is 5.11 Å². The maximum atomic E-state index is 11.3. The van der Waals surface area contributed by atoms with E-state index in [9.17, 15) is 14.7 Å². The summed E-state index contributed by atoms with van der Waals surface area (Å²) in [6.07, 6.45) is 0.406. The van der Waals surface area contributed by atoms with E-state index in [0.717, 1.165) is 11.3 Å². The lowest BCUT2D eigenvalue weighted by Crippen LogP contribution is -2.31. The Morgan fingerprint density at radius 2 is 1.96 bits per heavy atom. The molecule has 0 saturated heterocycles. The second-order valence-electron chi connectivity index (χ2n) is 5.37. The molecular weight excluding hydrogens is 296 g/mol. The highest BCUT2D eigenvalue weighted by molar-refractivity contribution is 6.05. The SMILES string of the molecule is CC(=O)C(N=Nc1ccc(C2=NNC(=O)CC2C)cc1)=C(C)O. The largest absolute Gasteiger partial charge is 0.510 e. The van der Waals surface area contributed by atoms with E-state index in [1.165, 1.54) is 13.8 Å². The van der Waals surface area contributed by atoms with E-state index < -0.39 is 0 Å². The maximum absolute atomic E-state index is 11.3. The number of Topliss-reactive ketones (excluding diaryl/α,β-unsaturated/α-hetero) is 1. The van der Waals surface area contributed by atoms with Crippen LogP contribution in [-0.2, 0) is 9.59 Å². The average Bonchev–Trinajstić information content (AvgIpc) is 2.47. The van der Waals surface area contributed by atoms with E-state index in [1.807, 2.05) is 19.1 Å². The minimum Gasteiger partial charge on any atom is -0.510 e. The van der Waals surface area contributed by atoms with Crippen molar-refractivity contribution in [1.82, 2.24) is 5.43 Å². The van der Waals surface area contributed by atoms with Crippen molar-refractivity contribution in [3.8, 4) is 0 Å². The second-order valence-corrected chi connectivity index (χ2v) is 5.37. The van der Waals surface area contributed by atoms with Crippen LogP contribution in [0.15, 0.2) is 51.1 Å². The van der Waals surface area contributed by atoms with Crippen LogP contribution in [0.25, 0.3) is 0 Å². The number of carbonyl (C=O) groups excluding carboxylic acids is 2.